The number of carbonyl (C=O) groups is 2. The number of ether oxygens (including phenoxy) is 1. The van der Waals surface area contributed by atoms with E-state index in [1.807, 2.05) is 43.3 Å². The third-order valence-corrected chi connectivity index (χ3v) is 6.84. The maximum absolute atomic E-state index is 13.6. The molecule has 0 radical (unpaired) electrons. The zero-order valence-electron chi connectivity index (χ0n) is 20.7. The summed E-state index contributed by atoms with van der Waals surface area (Å²) >= 11 is 0. The van der Waals surface area contributed by atoms with Crippen molar-refractivity contribution in [1.82, 2.24) is 14.5 Å². The fourth-order valence-electron chi connectivity index (χ4n) is 4.96. The molecule has 2 aromatic carbocycles. The second kappa shape index (κ2) is 9.97. The Balaban J connectivity index is 1.48. The summed E-state index contributed by atoms with van der Waals surface area (Å²) in [4.78, 5) is 45.4. The maximum Gasteiger partial charge on any atom is 0.410 e. The number of carbonyl (C=O) groups excluding carboxylic acids is 2. The zero-order chi connectivity index (χ0) is 25.2. The second-order valence-corrected chi connectivity index (χ2v) is 9.37. The van der Waals surface area contributed by atoms with E-state index in [2.05, 4.69) is 11.4 Å². The lowest BCUT2D eigenvalue weighted by molar-refractivity contribution is -0.116. The summed E-state index contributed by atoms with van der Waals surface area (Å²) in [6, 6.07) is 13.7. The average molecular weight is 487 g/mol. The summed E-state index contributed by atoms with van der Waals surface area (Å²) < 4.78 is 6.59. The fourth-order valence-corrected chi connectivity index (χ4v) is 4.96. The largest absolute Gasteiger partial charge is 0.450 e. The van der Waals surface area contributed by atoms with E-state index in [1.54, 1.807) is 11.8 Å². The van der Waals surface area contributed by atoms with Crippen LogP contribution in [0, 0.1) is 6.92 Å². The van der Waals surface area contributed by atoms with Crippen LogP contribution in [0.4, 0.5) is 10.5 Å². The lowest BCUT2D eigenvalue weighted by Crippen LogP contribution is -2.42. The van der Waals surface area contributed by atoms with Gasteiger partial charge in [-0.1, -0.05) is 35.9 Å². The van der Waals surface area contributed by atoms with Crippen LogP contribution >= 0.6 is 0 Å². The fraction of sp³-hybridized carbons (Fsp3) is 0.357. The van der Waals surface area contributed by atoms with Crippen molar-refractivity contribution in [2.45, 2.75) is 52.6 Å². The van der Waals surface area contributed by atoms with Crippen molar-refractivity contribution in [2.75, 3.05) is 18.5 Å². The van der Waals surface area contributed by atoms with E-state index in [9.17, 15) is 14.4 Å². The molecule has 8 nitrogen and oxygen atoms in total. The molecule has 0 spiro atoms. The van der Waals surface area contributed by atoms with Gasteiger partial charge in [0.2, 0.25) is 5.91 Å². The van der Waals surface area contributed by atoms with Crippen LogP contribution in [-0.4, -0.2) is 39.6 Å². The van der Waals surface area contributed by atoms with Crippen LogP contribution in [-0.2, 0) is 41.9 Å². The van der Waals surface area contributed by atoms with Gasteiger partial charge >= 0.3 is 6.09 Å². The molecule has 2 amide bonds. The zero-order valence-corrected chi connectivity index (χ0v) is 20.7. The number of rotatable bonds is 5. The van der Waals surface area contributed by atoms with E-state index in [-0.39, 0.29) is 31.2 Å². The quantitative estimate of drug-likeness (QED) is 0.591. The van der Waals surface area contributed by atoms with Crippen molar-refractivity contribution in [3.63, 3.8) is 0 Å². The second-order valence-electron chi connectivity index (χ2n) is 9.37. The minimum absolute atomic E-state index is 0.152. The minimum Gasteiger partial charge on any atom is -0.450 e. The molecule has 36 heavy (non-hydrogen) atoms. The lowest BCUT2D eigenvalue weighted by atomic mass is 10.1. The van der Waals surface area contributed by atoms with E-state index in [4.69, 9.17) is 9.72 Å². The molecule has 1 aromatic heterocycles. The molecule has 2 heterocycles. The predicted octanol–water partition coefficient (Wildman–Crippen LogP) is 3.86. The van der Waals surface area contributed by atoms with Crippen molar-refractivity contribution < 1.29 is 14.3 Å². The third-order valence-electron chi connectivity index (χ3n) is 6.84. The molecule has 1 N–H and O–H groups in total. The molecule has 0 atom stereocenters. The first-order chi connectivity index (χ1) is 17.4. The van der Waals surface area contributed by atoms with E-state index in [1.165, 1.54) is 15.7 Å². The van der Waals surface area contributed by atoms with Crippen molar-refractivity contribution >= 4 is 17.7 Å². The number of nitrogens with zero attached hydrogens (tertiary/aromatic N) is 3. The van der Waals surface area contributed by atoms with Crippen LogP contribution in [0.5, 0.6) is 0 Å². The molecule has 0 bridgehead atoms. The molecule has 1 aliphatic heterocycles. The normalized spacial score (nSPS) is 14.2. The third kappa shape index (κ3) is 4.76. The Bertz CT molecular complexity index is 1380. The van der Waals surface area contributed by atoms with Gasteiger partial charge in [-0.3, -0.25) is 14.2 Å². The van der Waals surface area contributed by atoms with Gasteiger partial charge < -0.3 is 15.0 Å². The SMILES string of the molecule is CCOC(=O)N1CCc2c(nc(-c3ccc(C)cc3)n(CC(=O)Nc3ccc4c(c3)CCC4)c2=O)C1. The van der Waals surface area contributed by atoms with Gasteiger partial charge in [0.25, 0.3) is 5.56 Å². The van der Waals surface area contributed by atoms with Gasteiger partial charge in [0.05, 0.1) is 18.8 Å². The molecule has 5 rings (SSSR count). The number of amides is 2. The molecule has 186 valence electrons. The summed E-state index contributed by atoms with van der Waals surface area (Å²) in [5.41, 5.74) is 5.99. The molecule has 8 heteroatoms. The Hall–Kier alpha value is -3.94. The molecule has 0 saturated carbocycles. The van der Waals surface area contributed by atoms with Gasteiger partial charge in [-0.05, 0) is 62.8 Å². The van der Waals surface area contributed by atoms with Crippen LogP contribution in [0.15, 0.2) is 47.3 Å². The topological polar surface area (TPSA) is 93.5 Å². The summed E-state index contributed by atoms with van der Waals surface area (Å²) in [7, 11) is 0. The molecule has 2 aliphatic rings. The highest BCUT2D eigenvalue weighted by Gasteiger charge is 2.27. The van der Waals surface area contributed by atoms with Crippen molar-refractivity contribution in [1.29, 1.82) is 0 Å². The Kier molecular flexibility index (Phi) is 6.59. The van der Waals surface area contributed by atoms with Crippen molar-refractivity contribution in [2.24, 2.45) is 0 Å². The van der Waals surface area contributed by atoms with Gasteiger partial charge in [0, 0.05) is 23.4 Å². The Morgan fingerprint density at radius 3 is 2.61 bits per heavy atom. The van der Waals surface area contributed by atoms with E-state index in [0.717, 1.165) is 36.1 Å². The molecule has 0 saturated heterocycles. The first kappa shape index (κ1) is 23.8. The van der Waals surface area contributed by atoms with Crippen LogP contribution < -0.4 is 10.9 Å². The molecule has 3 aromatic rings. The van der Waals surface area contributed by atoms with Crippen LogP contribution in [0.3, 0.4) is 0 Å². The summed E-state index contributed by atoms with van der Waals surface area (Å²) in [6.07, 6.45) is 3.18. The number of benzene rings is 2. The first-order valence-electron chi connectivity index (χ1n) is 12.5. The van der Waals surface area contributed by atoms with Crippen LogP contribution in [0.2, 0.25) is 0 Å². The number of hydrogen-bond acceptors (Lipinski definition) is 5. The van der Waals surface area contributed by atoms with Gasteiger partial charge in [0.15, 0.2) is 0 Å². The lowest BCUT2D eigenvalue weighted by Gasteiger charge is -2.28. The predicted molar refractivity (Wildman–Crippen MR) is 137 cm³/mol. The van der Waals surface area contributed by atoms with Gasteiger partial charge in [0.1, 0.15) is 12.4 Å². The van der Waals surface area contributed by atoms with Crippen LogP contribution in [0.1, 0.15) is 41.3 Å². The summed E-state index contributed by atoms with van der Waals surface area (Å²) in [6.45, 7) is 4.44. The molecule has 1 aliphatic carbocycles. The monoisotopic (exact) mass is 486 g/mol. The number of nitrogens with one attached hydrogen (secondary N) is 1. The number of aromatic nitrogens is 2. The molecular weight excluding hydrogens is 456 g/mol. The standard InChI is InChI=1S/C28H30N4O4/c1-3-36-28(35)31-14-13-23-24(16-31)30-26(20-9-7-18(2)8-10-20)32(27(23)34)17-25(33)29-22-12-11-19-5-4-6-21(19)15-22/h7-12,15H,3-6,13-14,16-17H2,1-2H3,(H,29,33). The van der Waals surface area contributed by atoms with Gasteiger partial charge in [-0.25, -0.2) is 9.78 Å². The first-order valence-corrected chi connectivity index (χ1v) is 12.5. The van der Waals surface area contributed by atoms with Crippen molar-refractivity contribution in [3.8, 4) is 11.4 Å². The average Bonchev–Trinajstić information content (AvgIpc) is 3.34. The highest BCUT2D eigenvalue weighted by Crippen LogP contribution is 2.25. The number of fused-ring (bicyclic) bond motifs is 2. The highest BCUT2D eigenvalue weighted by atomic mass is 16.6. The smallest absolute Gasteiger partial charge is 0.410 e. The molecular formula is C28H30N4O4. The maximum atomic E-state index is 13.6. The molecule has 0 fully saturated rings. The highest BCUT2D eigenvalue weighted by molar-refractivity contribution is 5.91. The summed E-state index contributed by atoms with van der Waals surface area (Å²) in [5.74, 6) is 0.127. The van der Waals surface area contributed by atoms with Crippen molar-refractivity contribution in [3.05, 3.63) is 80.8 Å². The Morgan fingerprint density at radius 2 is 1.83 bits per heavy atom. The number of hydrogen-bond donors (Lipinski definition) is 1. The summed E-state index contributed by atoms with van der Waals surface area (Å²) in [5, 5.41) is 2.96. The van der Waals surface area contributed by atoms with Gasteiger partial charge in [-0.2, -0.15) is 0 Å². The minimum atomic E-state index is -0.417. The molecule has 0 unspecified atom stereocenters. The number of aryl methyl sites for hydroxylation is 3. The van der Waals surface area contributed by atoms with E-state index in [0.29, 0.717) is 30.0 Å². The number of anilines is 1. The van der Waals surface area contributed by atoms with E-state index >= 15 is 0 Å². The van der Waals surface area contributed by atoms with Crippen LogP contribution in [0.25, 0.3) is 11.4 Å². The van der Waals surface area contributed by atoms with Gasteiger partial charge in [-0.15, -0.1) is 0 Å². The van der Waals surface area contributed by atoms with E-state index < -0.39 is 6.09 Å². The Labute approximate surface area is 209 Å². The Morgan fingerprint density at radius 1 is 1.06 bits per heavy atom.